The average Bonchev–Trinajstić information content (AvgIpc) is 3.91. The van der Waals surface area contributed by atoms with Crippen molar-refractivity contribution in [3.8, 4) is 44.5 Å². The van der Waals surface area contributed by atoms with Gasteiger partial charge in [0.1, 0.15) is 0 Å². The van der Waals surface area contributed by atoms with E-state index in [-0.39, 0.29) is 0 Å². The van der Waals surface area contributed by atoms with Crippen LogP contribution >= 0.6 is 22.7 Å². The van der Waals surface area contributed by atoms with E-state index < -0.39 is 0 Å². The molecule has 10 aromatic carbocycles. The molecule has 12 rings (SSSR count). The molecule has 0 bridgehead atoms. The molecule has 1 nitrogen and oxygen atoms in total. The van der Waals surface area contributed by atoms with Crippen LogP contribution in [0.2, 0.25) is 0 Å². The fourth-order valence-corrected chi connectivity index (χ4v) is 11.6. The number of benzene rings is 10. The first-order valence-electron chi connectivity index (χ1n) is 20.7. The Bertz CT molecular complexity index is 3450. The van der Waals surface area contributed by atoms with Crippen LogP contribution in [0.3, 0.4) is 0 Å². The molecule has 0 saturated heterocycles. The Labute approximate surface area is 362 Å². The largest absolute Gasteiger partial charge is 0.309 e. The van der Waals surface area contributed by atoms with Crippen LogP contribution in [0.15, 0.2) is 224 Å². The van der Waals surface area contributed by atoms with Gasteiger partial charge in [0.15, 0.2) is 0 Å². The van der Waals surface area contributed by atoms with Crippen molar-refractivity contribution in [3.63, 3.8) is 0 Å². The number of rotatable bonds is 7. The van der Waals surface area contributed by atoms with E-state index in [0.29, 0.717) is 0 Å². The van der Waals surface area contributed by atoms with Crippen molar-refractivity contribution in [3.05, 3.63) is 224 Å². The Hall–Kier alpha value is -7.30. The van der Waals surface area contributed by atoms with Gasteiger partial charge in [0.25, 0.3) is 0 Å². The van der Waals surface area contributed by atoms with Gasteiger partial charge in [0, 0.05) is 74.0 Å². The first-order chi connectivity index (χ1) is 30.2. The lowest BCUT2D eigenvalue weighted by Crippen LogP contribution is -2.12. The maximum absolute atomic E-state index is 2.50. The third-order valence-corrected chi connectivity index (χ3v) is 14.5. The second kappa shape index (κ2) is 14.8. The molecule has 0 aliphatic rings. The minimum atomic E-state index is 1.10. The van der Waals surface area contributed by atoms with Gasteiger partial charge >= 0.3 is 0 Å². The van der Waals surface area contributed by atoms with Gasteiger partial charge in [0.05, 0.1) is 5.69 Å². The summed E-state index contributed by atoms with van der Waals surface area (Å²) in [5.74, 6) is 0. The number of hydrogen-bond donors (Lipinski definition) is 0. The van der Waals surface area contributed by atoms with Crippen LogP contribution in [0, 0.1) is 0 Å². The fraction of sp³-hybridized carbons (Fsp3) is 0. The predicted octanol–water partition coefficient (Wildman–Crippen LogP) is 17.7. The van der Waals surface area contributed by atoms with Crippen molar-refractivity contribution in [1.82, 2.24) is 0 Å². The topological polar surface area (TPSA) is 3.24 Å². The van der Waals surface area contributed by atoms with E-state index in [1.54, 1.807) is 0 Å². The first-order valence-corrected chi connectivity index (χ1v) is 22.4. The van der Waals surface area contributed by atoms with Crippen molar-refractivity contribution in [2.75, 3.05) is 4.90 Å². The Morgan fingerprint density at radius 2 is 0.705 bits per heavy atom. The molecule has 0 aliphatic heterocycles. The quantitative estimate of drug-likeness (QED) is 0.155. The third-order valence-electron chi connectivity index (χ3n) is 12.1. The molecule has 0 unspecified atom stereocenters. The van der Waals surface area contributed by atoms with Gasteiger partial charge < -0.3 is 4.90 Å². The van der Waals surface area contributed by atoms with Crippen molar-refractivity contribution < 1.29 is 0 Å². The van der Waals surface area contributed by atoms with Crippen molar-refractivity contribution in [2.45, 2.75) is 0 Å². The highest BCUT2D eigenvalue weighted by Crippen LogP contribution is 2.52. The predicted molar refractivity (Wildman–Crippen MR) is 266 cm³/mol. The van der Waals surface area contributed by atoms with Crippen molar-refractivity contribution >= 4 is 90.9 Å². The Morgan fingerprint density at radius 3 is 1.30 bits per heavy atom. The molecular formula is C58H37NS2. The molecule has 2 heterocycles. The Balaban J connectivity index is 1.13. The average molecular weight is 812 g/mol. The maximum atomic E-state index is 2.50. The number of para-hydroxylation sites is 1. The molecule has 0 fully saturated rings. The van der Waals surface area contributed by atoms with Gasteiger partial charge in [-0.3, -0.25) is 0 Å². The van der Waals surface area contributed by atoms with E-state index in [1.165, 1.54) is 95.6 Å². The van der Waals surface area contributed by atoms with Crippen molar-refractivity contribution in [1.29, 1.82) is 0 Å². The van der Waals surface area contributed by atoms with Gasteiger partial charge in [-0.2, -0.15) is 0 Å². The molecule has 0 spiro atoms. The number of nitrogens with zero attached hydrogens (tertiary/aromatic N) is 1. The molecule has 0 saturated carbocycles. The highest BCUT2D eigenvalue weighted by atomic mass is 32.1. The SMILES string of the molecule is c1ccc(-c2ccc(N(c3ccc(-c4ccc5ccccc5c4)cc3)c3c(-c4cccc5c4sc4ccccc45)cccc3-c3cccc4c3sc3ccccc34)cc2)cc1. The molecule has 2 aromatic heterocycles. The van der Waals surface area contributed by atoms with Crippen LogP contribution < -0.4 is 4.90 Å². The van der Waals surface area contributed by atoms with E-state index in [9.17, 15) is 0 Å². The van der Waals surface area contributed by atoms with E-state index in [0.717, 1.165) is 17.1 Å². The van der Waals surface area contributed by atoms with Gasteiger partial charge in [-0.05, 0) is 75.5 Å². The molecule has 12 aromatic rings. The summed E-state index contributed by atoms with van der Waals surface area (Å²) in [4.78, 5) is 2.50. The zero-order valence-electron chi connectivity index (χ0n) is 33.1. The molecule has 0 atom stereocenters. The fourth-order valence-electron chi connectivity index (χ4n) is 9.15. The third kappa shape index (κ3) is 6.13. The summed E-state index contributed by atoms with van der Waals surface area (Å²) >= 11 is 3.77. The normalized spacial score (nSPS) is 11.6. The lowest BCUT2D eigenvalue weighted by atomic mass is 9.92. The highest BCUT2D eigenvalue weighted by molar-refractivity contribution is 7.26. The summed E-state index contributed by atoms with van der Waals surface area (Å²) < 4.78 is 5.20. The second-order valence-electron chi connectivity index (χ2n) is 15.6. The molecule has 3 heteroatoms. The zero-order chi connectivity index (χ0) is 40.3. The summed E-state index contributed by atoms with van der Waals surface area (Å²) in [6.07, 6.45) is 0. The minimum absolute atomic E-state index is 1.10. The number of fused-ring (bicyclic) bond motifs is 7. The summed E-state index contributed by atoms with van der Waals surface area (Å²) in [6, 6.07) is 82.5. The van der Waals surface area contributed by atoms with Gasteiger partial charge in [-0.25, -0.2) is 0 Å². The van der Waals surface area contributed by atoms with E-state index in [4.69, 9.17) is 0 Å². The van der Waals surface area contributed by atoms with Crippen LogP contribution in [-0.2, 0) is 0 Å². The highest BCUT2D eigenvalue weighted by Gasteiger charge is 2.25. The van der Waals surface area contributed by atoms with Crippen LogP contribution in [0.1, 0.15) is 0 Å². The lowest BCUT2D eigenvalue weighted by molar-refractivity contribution is 1.29. The molecule has 286 valence electrons. The zero-order valence-corrected chi connectivity index (χ0v) is 34.8. The monoisotopic (exact) mass is 811 g/mol. The summed E-state index contributed by atoms with van der Waals surface area (Å²) in [6.45, 7) is 0. The number of hydrogen-bond acceptors (Lipinski definition) is 3. The molecule has 0 radical (unpaired) electrons. The molecule has 0 aliphatic carbocycles. The van der Waals surface area contributed by atoms with Crippen LogP contribution in [0.25, 0.3) is 95.6 Å². The smallest absolute Gasteiger partial charge is 0.0619 e. The van der Waals surface area contributed by atoms with Gasteiger partial charge in [-0.1, -0.05) is 182 Å². The van der Waals surface area contributed by atoms with Crippen molar-refractivity contribution in [2.24, 2.45) is 0 Å². The second-order valence-corrected chi connectivity index (χ2v) is 17.7. The first kappa shape index (κ1) is 35.6. The van der Waals surface area contributed by atoms with Crippen LogP contribution in [-0.4, -0.2) is 0 Å². The molecular weight excluding hydrogens is 775 g/mol. The van der Waals surface area contributed by atoms with Crippen LogP contribution in [0.5, 0.6) is 0 Å². The van der Waals surface area contributed by atoms with Crippen LogP contribution in [0.4, 0.5) is 17.1 Å². The summed E-state index contributed by atoms with van der Waals surface area (Å²) in [5.41, 5.74) is 13.0. The number of anilines is 3. The van der Waals surface area contributed by atoms with E-state index in [1.807, 2.05) is 22.7 Å². The van der Waals surface area contributed by atoms with E-state index >= 15 is 0 Å². The standard InChI is InChI=1S/C58H37NS2/c1-2-13-38(14-3-1)40-29-33-44(34-30-40)59(45-35-31-41(32-36-45)43-28-27-39-15-4-5-16-42(39)37-43)56-48(52-23-11-21-50-46-17-6-8-25-54(46)60-57(50)52)19-10-20-49(56)53-24-12-22-51-47-18-7-9-26-55(47)61-58(51)53/h1-37H. The summed E-state index contributed by atoms with van der Waals surface area (Å²) in [7, 11) is 0. The number of thiophene rings is 2. The molecule has 61 heavy (non-hydrogen) atoms. The Morgan fingerprint density at radius 1 is 0.279 bits per heavy atom. The van der Waals surface area contributed by atoms with E-state index in [2.05, 4.69) is 229 Å². The molecule has 0 amide bonds. The lowest BCUT2D eigenvalue weighted by Gasteiger charge is -2.31. The molecule has 0 N–H and O–H groups in total. The summed E-state index contributed by atoms with van der Waals surface area (Å²) in [5, 5.41) is 7.68. The Kier molecular flexibility index (Phi) is 8.62. The maximum Gasteiger partial charge on any atom is 0.0619 e. The van der Waals surface area contributed by atoms with Gasteiger partial charge in [0.2, 0.25) is 0 Å². The minimum Gasteiger partial charge on any atom is -0.309 e. The van der Waals surface area contributed by atoms with Gasteiger partial charge in [-0.15, -0.1) is 22.7 Å².